The van der Waals surface area contributed by atoms with Crippen molar-refractivity contribution in [3.8, 4) is 6.07 Å². The van der Waals surface area contributed by atoms with Crippen LogP contribution in [0.5, 0.6) is 0 Å². The quantitative estimate of drug-likeness (QED) is 0.800. The number of carbonyl (C=O) groups excluding carboxylic acids is 1. The Bertz CT molecular complexity index is 433. The van der Waals surface area contributed by atoms with Gasteiger partial charge in [0, 0.05) is 25.7 Å². The van der Waals surface area contributed by atoms with E-state index >= 15 is 0 Å². The largest absolute Gasteiger partial charge is 0.336 e. The second kappa shape index (κ2) is 6.75. The van der Waals surface area contributed by atoms with E-state index in [1.165, 1.54) is 0 Å². The van der Waals surface area contributed by atoms with Crippen molar-refractivity contribution >= 4 is 5.91 Å². The maximum Gasteiger partial charge on any atom is 0.219 e. The second-order valence-corrected chi connectivity index (χ2v) is 4.45. The molecule has 0 aliphatic carbocycles. The van der Waals surface area contributed by atoms with Gasteiger partial charge in [0.15, 0.2) is 0 Å². The zero-order valence-corrected chi connectivity index (χ0v) is 11.2. The van der Waals surface area contributed by atoms with Crippen molar-refractivity contribution in [2.24, 2.45) is 0 Å². The predicted octanol–water partition coefficient (Wildman–Crippen LogP) is 2.49. The number of rotatable bonds is 5. The standard InChI is InChI=1S/C14H19N3O/c1-4-5-11(2)17(12(3)18)10-13-6-7-14(8-15)16-9-13/h6-7,9,11H,4-5,10H2,1-3H3. The average molecular weight is 245 g/mol. The molecule has 0 radical (unpaired) electrons. The molecule has 0 aliphatic rings. The van der Waals surface area contributed by atoms with Crippen LogP contribution < -0.4 is 0 Å². The van der Waals surface area contributed by atoms with Crippen molar-refractivity contribution < 1.29 is 4.79 Å². The van der Waals surface area contributed by atoms with Crippen LogP contribution in [-0.2, 0) is 11.3 Å². The van der Waals surface area contributed by atoms with Crippen LogP contribution in [0.15, 0.2) is 18.3 Å². The van der Waals surface area contributed by atoms with Gasteiger partial charge in [-0.15, -0.1) is 0 Å². The summed E-state index contributed by atoms with van der Waals surface area (Å²) in [5.74, 6) is 0.0697. The normalized spacial score (nSPS) is 11.7. The van der Waals surface area contributed by atoms with Gasteiger partial charge in [-0.05, 0) is 25.0 Å². The molecule has 0 spiro atoms. The molecule has 18 heavy (non-hydrogen) atoms. The predicted molar refractivity (Wildman–Crippen MR) is 69.5 cm³/mol. The van der Waals surface area contributed by atoms with E-state index in [1.54, 1.807) is 19.2 Å². The minimum atomic E-state index is 0.0697. The van der Waals surface area contributed by atoms with Crippen molar-refractivity contribution in [1.29, 1.82) is 5.26 Å². The molecule has 1 aromatic rings. The van der Waals surface area contributed by atoms with Crippen molar-refractivity contribution in [2.75, 3.05) is 0 Å². The van der Waals surface area contributed by atoms with Gasteiger partial charge >= 0.3 is 0 Å². The first-order valence-corrected chi connectivity index (χ1v) is 6.20. The molecule has 1 atom stereocenters. The highest BCUT2D eigenvalue weighted by molar-refractivity contribution is 5.73. The van der Waals surface area contributed by atoms with Crippen molar-refractivity contribution in [3.05, 3.63) is 29.6 Å². The highest BCUT2D eigenvalue weighted by Gasteiger charge is 2.16. The van der Waals surface area contributed by atoms with Crippen LogP contribution in [0.2, 0.25) is 0 Å². The Labute approximate surface area is 108 Å². The maximum atomic E-state index is 11.6. The summed E-state index contributed by atoms with van der Waals surface area (Å²) >= 11 is 0. The molecule has 4 nitrogen and oxygen atoms in total. The molecule has 1 unspecified atom stereocenters. The minimum Gasteiger partial charge on any atom is -0.336 e. The van der Waals surface area contributed by atoms with Crippen molar-refractivity contribution in [2.45, 2.75) is 46.2 Å². The van der Waals surface area contributed by atoms with Gasteiger partial charge in [0.2, 0.25) is 5.91 Å². The van der Waals surface area contributed by atoms with Crippen LogP contribution in [0.1, 0.15) is 44.9 Å². The van der Waals surface area contributed by atoms with Crippen LogP contribution in [0.3, 0.4) is 0 Å². The first-order chi connectivity index (χ1) is 8.58. The molecule has 0 saturated heterocycles. The fraction of sp³-hybridized carbons (Fsp3) is 0.500. The Morgan fingerprint density at radius 1 is 1.56 bits per heavy atom. The number of amides is 1. The van der Waals surface area contributed by atoms with E-state index < -0.39 is 0 Å². The highest BCUT2D eigenvalue weighted by atomic mass is 16.2. The lowest BCUT2D eigenvalue weighted by Gasteiger charge is -2.28. The molecule has 0 aliphatic heterocycles. The van der Waals surface area contributed by atoms with Crippen LogP contribution >= 0.6 is 0 Å². The van der Waals surface area contributed by atoms with E-state index in [-0.39, 0.29) is 11.9 Å². The molecular weight excluding hydrogens is 226 g/mol. The highest BCUT2D eigenvalue weighted by Crippen LogP contribution is 2.12. The lowest BCUT2D eigenvalue weighted by Crippen LogP contribution is -2.36. The number of hydrogen-bond donors (Lipinski definition) is 0. The zero-order chi connectivity index (χ0) is 13.5. The second-order valence-electron chi connectivity index (χ2n) is 4.45. The summed E-state index contributed by atoms with van der Waals surface area (Å²) in [5.41, 5.74) is 1.35. The summed E-state index contributed by atoms with van der Waals surface area (Å²) in [6, 6.07) is 5.73. The molecule has 0 bridgehead atoms. The lowest BCUT2D eigenvalue weighted by molar-refractivity contribution is -0.131. The van der Waals surface area contributed by atoms with E-state index in [4.69, 9.17) is 5.26 Å². The third kappa shape index (κ3) is 3.85. The molecule has 1 amide bonds. The number of carbonyl (C=O) groups is 1. The van der Waals surface area contributed by atoms with Gasteiger partial charge in [0.1, 0.15) is 11.8 Å². The molecule has 1 aromatic heterocycles. The summed E-state index contributed by atoms with van der Waals surface area (Å²) in [5, 5.41) is 8.68. The van der Waals surface area contributed by atoms with Gasteiger partial charge in [0.25, 0.3) is 0 Å². The summed E-state index contributed by atoms with van der Waals surface area (Å²) in [6.45, 7) is 6.30. The van der Waals surface area contributed by atoms with E-state index in [0.29, 0.717) is 12.2 Å². The Hall–Kier alpha value is -1.89. The zero-order valence-electron chi connectivity index (χ0n) is 11.2. The van der Waals surface area contributed by atoms with E-state index in [0.717, 1.165) is 18.4 Å². The van der Waals surface area contributed by atoms with Gasteiger partial charge in [-0.3, -0.25) is 4.79 Å². The van der Waals surface area contributed by atoms with Gasteiger partial charge in [-0.25, -0.2) is 4.98 Å². The molecular formula is C14H19N3O. The SMILES string of the molecule is CCCC(C)N(Cc1ccc(C#N)nc1)C(C)=O. The van der Waals surface area contributed by atoms with E-state index in [2.05, 4.69) is 18.8 Å². The third-order valence-corrected chi connectivity index (χ3v) is 2.94. The summed E-state index contributed by atoms with van der Waals surface area (Å²) in [4.78, 5) is 17.5. The average Bonchev–Trinajstić information content (AvgIpc) is 2.36. The lowest BCUT2D eigenvalue weighted by atomic mass is 10.1. The monoisotopic (exact) mass is 245 g/mol. The Balaban J connectivity index is 2.77. The molecule has 4 heteroatoms. The third-order valence-electron chi connectivity index (χ3n) is 2.94. The van der Waals surface area contributed by atoms with Crippen LogP contribution in [0, 0.1) is 11.3 Å². The van der Waals surface area contributed by atoms with Crippen LogP contribution in [0.4, 0.5) is 0 Å². The van der Waals surface area contributed by atoms with Crippen LogP contribution in [-0.4, -0.2) is 21.8 Å². The van der Waals surface area contributed by atoms with Crippen molar-refractivity contribution in [1.82, 2.24) is 9.88 Å². The molecule has 0 fully saturated rings. The first-order valence-electron chi connectivity index (χ1n) is 6.20. The molecule has 1 rings (SSSR count). The van der Waals surface area contributed by atoms with Gasteiger partial charge < -0.3 is 4.90 Å². The number of nitriles is 1. The molecule has 0 saturated carbocycles. The summed E-state index contributed by atoms with van der Waals surface area (Å²) in [6.07, 6.45) is 3.70. The van der Waals surface area contributed by atoms with Crippen LogP contribution in [0.25, 0.3) is 0 Å². The molecule has 0 N–H and O–H groups in total. The fourth-order valence-corrected chi connectivity index (χ4v) is 1.93. The topological polar surface area (TPSA) is 57.0 Å². The van der Waals surface area contributed by atoms with E-state index in [1.807, 2.05) is 17.0 Å². The molecule has 1 heterocycles. The minimum absolute atomic E-state index is 0.0697. The van der Waals surface area contributed by atoms with Crippen molar-refractivity contribution in [3.63, 3.8) is 0 Å². The molecule has 96 valence electrons. The number of pyridine rings is 1. The number of nitrogens with zero attached hydrogens (tertiary/aromatic N) is 3. The Kier molecular flexibility index (Phi) is 5.31. The summed E-state index contributed by atoms with van der Waals surface area (Å²) < 4.78 is 0. The Morgan fingerprint density at radius 2 is 2.28 bits per heavy atom. The van der Waals surface area contributed by atoms with Gasteiger partial charge in [-0.2, -0.15) is 5.26 Å². The first kappa shape index (κ1) is 14.2. The summed E-state index contributed by atoms with van der Waals surface area (Å²) in [7, 11) is 0. The molecule has 0 aromatic carbocycles. The fourth-order valence-electron chi connectivity index (χ4n) is 1.93. The van der Waals surface area contributed by atoms with Gasteiger partial charge in [0.05, 0.1) is 0 Å². The smallest absolute Gasteiger partial charge is 0.219 e. The van der Waals surface area contributed by atoms with E-state index in [9.17, 15) is 4.79 Å². The van der Waals surface area contributed by atoms with Gasteiger partial charge in [-0.1, -0.05) is 19.4 Å². The Morgan fingerprint density at radius 3 is 2.72 bits per heavy atom. The maximum absolute atomic E-state index is 11.6. The number of aromatic nitrogens is 1. The number of hydrogen-bond acceptors (Lipinski definition) is 3.